The van der Waals surface area contributed by atoms with E-state index in [1.165, 1.54) is 80.0 Å². The first kappa shape index (κ1) is 42.1. The fourth-order valence-corrected chi connectivity index (χ4v) is 13.8. The Kier molecular flexibility index (Phi) is 11.2. The number of fused-ring (bicyclic) bond motifs is 6. The second-order valence-electron chi connectivity index (χ2n) is 20.8. The maximum Gasteiger partial charge on any atom is 0.255 e. The number of nitrogens with one attached hydrogen (secondary N) is 1. The molecular weight excluding hydrogens is 825 g/mol. The Hall–Kier alpha value is -4.53. The lowest BCUT2D eigenvalue weighted by molar-refractivity contribution is -0.136. The minimum Gasteiger partial charge on any atom is -0.369 e. The average molecular weight is 887 g/mol. The lowest BCUT2D eigenvalue weighted by atomic mass is 9.65. The Labute approximate surface area is 381 Å². The zero-order valence-corrected chi connectivity index (χ0v) is 37.8. The Morgan fingerprint density at radius 2 is 1.58 bits per heavy atom. The molecule has 5 atom stereocenters. The maximum absolute atomic E-state index is 15.5. The van der Waals surface area contributed by atoms with Crippen LogP contribution in [0.25, 0.3) is 0 Å². The van der Waals surface area contributed by atoms with Crippen molar-refractivity contribution in [2.45, 2.75) is 114 Å². The number of hydrogen-bond acceptors (Lipinski definition) is 8. The number of anilines is 2. The SMILES string of the molecule is N#Cc1ccc(CCC2CCC(CCC3CCc4nc(N5CCN(CC6CCN(c7cc8c(cc7F)CN(C7CCC(=O)NC7=O)C8=O)CC6)CC5)ccc4C34C3C[C@H]34)CC2)cc1Cl. The molecule has 4 aliphatic heterocycles. The first-order valence-electron chi connectivity index (χ1n) is 24.5. The van der Waals surface area contributed by atoms with Gasteiger partial charge in [0.1, 0.15) is 23.7 Å². The van der Waals surface area contributed by atoms with Gasteiger partial charge in [0.05, 0.1) is 16.3 Å². The summed E-state index contributed by atoms with van der Waals surface area (Å²) in [6.07, 6.45) is 16.8. The molecule has 1 spiro atoms. The second kappa shape index (κ2) is 17.0. The van der Waals surface area contributed by atoms with Crippen molar-refractivity contribution in [1.82, 2.24) is 20.1 Å². The van der Waals surface area contributed by atoms with Crippen LogP contribution in [-0.4, -0.2) is 84.4 Å². The zero-order valence-electron chi connectivity index (χ0n) is 37.0. The van der Waals surface area contributed by atoms with Gasteiger partial charge in [-0.25, -0.2) is 9.37 Å². The molecule has 2 aromatic carbocycles. The lowest BCUT2D eigenvalue weighted by Gasteiger charge is -2.41. The number of carbonyl (C=O) groups is 3. The van der Waals surface area contributed by atoms with Gasteiger partial charge in [-0.2, -0.15) is 5.26 Å². The Bertz CT molecular complexity index is 2370. The van der Waals surface area contributed by atoms with Gasteiger partial charge in [-0.3, -0.25) is 24.6 Å². The van der Waals surface area contributed by atoms with E-state index < -0.39 is 11.9 Å². The molecule has 0 bridgehead atoms. The molecule has 1 N–H and O–H groups in total. The van der Waals surface area contributed by atoms with Crippen LogP contribution in [0.15, 0.2) is 42.5 Å². The van der Waals surface area contributed by atoms with Crippen molar-refractivity contribution in [2.75, 3.05) is 55.6 Å². The molecule has 6 fully saturated rings. The topological polar surface area (TPSA) is 113 Å². The summed E-state index contributed by atoms with van der Waals surface area (Å²) in [7, 11) is 0. The molecule has 4 aliphatic carbocycles. The predicted molar refractivity (Wildman–Crippen MR) is 245 cm³/mol. The summed E-state index contributed by atoms with van der Waals surface area (Å²) < 4.78 is 15.5. The van der Waals surface area contributed by atoms with Crippen LogP contribution in [0.3, 0.4) is 0 Å². The largest absolute Gasteiger partial charge is 0.369 e. The number of aryl methyl sites for hydroxylation is 2. The van der Waals surface area contributed by atoms with Gasteiger partial charge >= 0.3 is 0 Å². The number of halogens is 2. The number of benzene rings is 2. The van der Waals surface area contributed by atoms with Crippen LogP contribution < -0.4 is 15.1 Å². The predicted octanol–water partition coefficient (Wildman–Crippen LogP) is 8.21. The molecule has 3 amide bonds. The van der Waals surface area contributed by atoms with E-state index in [0.717, 1.165) is 107 Å². The number of hydrogen-bond donors (Lipinski definition) is 1. The average Bonchev–Trinajstić information content (AvgIpc) is 4.21. The minimum absolute atomic E-state index is 0.183. The quantitative estimate of drug-likeness (QED) is 0.192. The summed E-state index contributed by atoms with van der Waals surface area (Å²) in [5.41, 5.74) is 6.76. The van der Waals surface area contributed by atoms with E-state index >= 15 is 4.39 Å². The van der Waals surface area contributed by atoms with Gasteiger partial charge < -0.3 is 14.7 Å². The van der Waals surface area contributed by atoms with Crippen LogP contribution in [0.4, 0.5) is 15.9 Å². The number of nitrogens with zero attached hydrogens (tertiary/aromatic N) is 6. The Balaban J connectivity index is 0.630. The van der Waals surface area contributed by atoms with E-state index in [1.54, 1.807) is 11.6 Å². The van der Waals surface area contributed by atoms with Crippen molar-refractivity contribution < 1.29 is 18.8 Å². The van der Waals surface area contributed by atoms with Gasteiger partial charge in [-0.15, -0.1) is 0 Å². The van der Waals surface area contributed by atoms with Gasteiger partial charge in [0.2, 0.25) is 11.8 Å². The monoisotopic (exact) mass is 885 g/mol. The van der Waals surface area contributed by atoms with Crippen LogP contribution in [-0.2, 0) is 34.4 Å². The Morgan fingerprint density at radius 3 is 2.28 bits per heavy atom. The summed E-state index contributed by atoms with van der Waals surface area (Å²) in [5.74, 6) is 4.64. The van der Waals surface area contributed by atoms with Crippen molar-refractivity contribution in [3.63, 3.8) is 0 Å². The Morgan fingerprint density at radius 1 is 0.812 bits per heavy atom. The smallest absolute Gasteiger partial charge is 0.255 e. The van der Waals surface area contributed by atoms with Gasteiger partial charge in [-0.1, -0.05) is 55.8 Å². The van der Waals surface area contributed by atoms with Crippen molar-refractivity contribution in [1.29, 1.82) is 5.26 Å². The fourth-order valence-electron chi connectivity index (χ4n) is 13.5. The van der Waals surface area contributed by atoms with Gasteiger partial charge in [-0.05, 0) is 140 Å². The van der Waals surface area contributed by atoms with Crippen molar-refractivity contribution in [3.05, 3.63) is 86.8 Å². The molecule has 5 heterocycles. The molecule has 64 heavy (non-hydrogen) atoms. The third kappa shape index (κ3) is 7.78. The highest BCUT2D eigenvalue weighted by atomic mass is 35.5. The van der Waals surface area contributed by atoms with E-state index in [2.05, 4.69) is 44.3 Å². The molecule has 3 saturated carbocycles. The normalized spacial score (nSPS) is 30.2. The summed E-state index contributed by atoms with van der Waals surface area (Å²) in [5, 5.41) is 12.1. The van der Waals surface area contributed by atoms with Crippen molar-refractivity contribution in [3.8, 4) is 6.07 Å². The first-order valence-corrected chi connectivity index (χ1v) is 24.9. The molecule has 3 saturated heterocycles. The van der Waals surface area contributed by atoms with Gasteiger partial charge in [0, 0.05) is 75.5 Å². The summed E-state index contributed by atoms with van der Waals surface area (Å²) >= 11 is 6.30. The highest BCUT2D eigenvalue weighted by Crippen LogP contribution is 2.82. The molecular formula is C52H61ClFN7O3. The van der Waals surface area contributed by atoms with Crippen molar-refractivity contribution >= 4 is 40.8 Å². The summed E-state index contributed by atoms with van der Waals surface area (Å²) in [6, 6.07) is 15.4. The van der Waals surface area contributed by atoms with Crippen LogP contribution in [0.1, 0.15) is 122 Å². The van der Waals surface area contributed by atoms with Gasteiger partial charge in [0.15, 0.2) is 0 Å². The highest BCUT2D eigenvalue weighted by molar-refractivity contribution is 6.31. The number of piperazine rings is 1. The van der Waals surface area contributed by atoms with Crippen LogP contribution in [0, 0.1) is 52.7 Å². The molecule has 336 valence electrons. The molecule has 12 heteroatoms. The zero-order chi connectivity index (χ0) is 43.7. The maximum atomic E-state index is 15.5. The number of piperidine rings is 2. The summed E-state index contributed by atoms with van der Waals surface area (Å²) in [4.78, 5) is 51.6. The van der Waals surface area contributed by atoms with Crippen LogP contribution in [0.5, 0.6) is 0 Å². The first-order chi connectivity index (χ1) is 31.2. The third-order valence-corrected chi connectivity index (χ3v) is 17.7. The second-order valence-corrected chi connectivity index (χ2v) is 21.2. The van der Waals surface area contributed by atoms with E-state index in [4.69, 9.17) is 16.6 Å². The number of pyridine rings is 1. The molecule has 1 aromatic heterocycles. The lowest BCUT2D eigenvalue weighted by Crippen LogP contribution is -2.52. The molecule has 4 unspecified atom stereocenters. The third-order valence-electron chi connectivity index (χ3n) is 17.4. The van der Waals surface area contributed by atoms with Crippen molar-refractivity contribution in [2.24, 2.45) is 35.5 Å². The number of aromatic nitrogens is 1. The van der Waals surface area contributed by atoms with Crippen LogP contribution in [0.2, 0.25) is 5.02 Å². The number of carbonyl (C=O) groups excluding carboxylic acids is 3. The van der Waals surface area contributed by atoms with Gasteiger partial charge in [0.25, 0.3) is 5.91 Å². The molecule has 0 radical (unpaired) electrons. The molecule has 3 aromatic rings. The number of amides is 3. The summed E-state index contributed by atoms with van der Waals surface area (Å²) in [6.45, 7) is 6.74. The fraction of sp³-hybridized carbons (Fsp3) is 0.596. The number of nitriles is 1. The standard InChI is InChI=1S/C52H61ClFN7O3/c53-43-25-34(7-9-36(43)29-55)6-5-32-1-3-33(4-2-32)8-10-38-11-13-45-40(52(38)41-28-42(41)52)12-15-48(56-45)60-23-21-58(22-24-60)30-35-17-19-59(20-18-35)47-27-39-37(26-44(47)54)31-61(51(39)64)46-14-16-49(62)57-50(46)63/h7,9,12,15,25-27,32-33,35,38,41-42,46H,1-6,8,10-11,13-14,16-24,28,30-31H2,(H,57,62,63)/t32?,33?,38?,41-,42?,46?,52?/m1/s1. The minimum atomic E-state index is -0.705. The number of imide groups is 1. The van der Waals surface area contributed by atoms with Crippen LogP contribution >= 0.6 is 11.6 Å². The van der Waals surface area contributed by atoms with E-state index in [1.807, 2.05) is 12.1 Å². The van der Waals surface area contributed by atoms with E-state index in [9.17, 15) is 19.6 Å². The van der Waals surface area contributed by atoms with E-state index in [-0.39, 0.29) is 30.6 Å². The molecule has 11 rings (SSSR count). The molecule has 10 nitrogen and oxygen atoms in total. The molecule has 8 aliphatic rings. The van der Waals surface area contributed by atoms with E-state index in [0.29, 0.717) is 45.2 Å². The highest BCUT2D eigenvalue weighted by Gasteiger charge is 2.79. The number of rotatable bonds is 11.